The van der Waals surface area contributed by atoms with Crippen LogP contribution >= 0.6 is 11.3 Å². The largest absolute Gasteiger partial charge is 0.342 e. The van der Waals surface area contributed by atoms with Crippen molar-refractivity contribution in [3.8, 4) is 0 Å². The van der Waals surface area contributed by atoms with Gasteiger partial charge in [0.1, 0.15) is 0 Å². The van der Waals surface area contributed by atoms with Gasteiger partial charge in [0.25, 0.3) is 0 Å². The number of likely N-dealkylation sites (tertiary alicyclic amines) is 2. The van der Waals surface area contributed by atoms with Crippen LogP contribution in [-0.4, -0.2) is 73.0 Å². The molecule has 138 valence electrons. The molecule has 1 aromatic heterocycles. The van der Waals surface area contributed by atoms with Crippen molar-refractivity contribution in [1.82, 2.24) is 14.7 Å². The van der Waals surface area contributed by atoms with Crippen LogP contribution < -0.4 is 5.32 Å². The molecular formula is C18H28N4O2S. The Kier molecular flexibility index (Phi) is 5.96. The van der Waals surface area contributed by atoms with Gasteiger partial charge < -0.3 is 14.7 Å². The first kappa shape index (κ1) is 18.2. The number of anilines is 1. The summed E-state index contributed by atoms with van der Waals surface area (Å²) in [7, 11) is 4.06. The minimum atomic E-state index is -0.0955. The van der Waals surface area contributed by atoms with Gasteiger partial charge in [-0.3, -0.25) is 10.1 Å². The standard InChI is InChI=1S/C18H28N4O2S/c1-20-10-7-15(8-11-20)21(2)17(23)14-5-3-9-22(13-14)18(24)19-16-6-4-12-25-16/h4,6,12,14-15H,3,5,7-11,13H2,1-2H3,(H,19,24). The van der Waals surface area contributed by atoms with Gasteiger partial charge in [-0.05, 0) is 63.3 Å². The molecule has 2 aliphatic rings. The molecule has 2 saturated heterocycles. The van der Waals surface area contributed by atoms with E-state index in [1.165, 1.54) is 11.3 Å². The van der Waals surface area contributed by atoms with Gasteiger partial charge in [-0.1, -0.05) is 0 Å². The Labute approximate surface area is 153 Å². The predicted molar refractivity (Wildman–Crippen MR) is 101 cm³/mol. The quantitative estimate of drug-likeness (QED) is 0.897. The van der Waals surface area contributed by atoms with Crippen LogP contribution in [0.15, 0.2) is 17.5 Å². The zero-order valence-electron chi connectivity index (χ0n) is 15.1. The number of amides is 3. The molecular weight excluding hydrogens is 336 g/mol. The average Bonchev–Trinajstić information content (AvgIpc) is 3.14. The second-order valence-corrected chi connectivity index (χ2v) is 8.12. The molecule has 1 atom stereocenters. The normalized spacial score (nSPS) is 22.6. The zero-order valence-corrected chi connectivity index (χ0v) is 15.9. The molecule has 0 aliphatic carbocycles. The van der Waals surface area contributed by atoms with Gasteiger partial charge in [0.2, 0.25) is 5.91 Å². The Bertz CT molecular complexity index is 584. The van der Waals surface area contributed by atoms with Crippen LogP contribution in [0.4, 0.5) is 9.80 Å². The summed E-state index contributed by atoms with van der Waals surface area (Å²) < 4.78 is 0. The van der Waals surface area contributed by atoms with E-state index in [2.05, 4.69) is 17.3 Å². The van der Waals surface area contributed by atoms with E-state index >= 15 is 0 Å². The summed E-state index contributed by atoms with van der Waals surface area (Å²) in [6, 6.07) is 4.04. The highest BCUT2D eigenvalue weighted by molar-refractivity contribution is 7.14. The molecule has 3 rings (SSSR count). The van der Waals surface area contributed by atoms with Crippen molar-refractivity contribution >= 4 is 28.3 Å². The number of carbonyl (C=O) groups excluding carboxylic acids is 2. The third-order valence-corrected chi connectivity index (χ3v) is 6.18. The van der Waals surface area contributed by atoms with Crippen LogP contribution in [0.5, 0.6) is 0 Å². The Morgan fingerprint density at radius 1 is 1.24 bits per heavy atom. The molecule has 6 nitrogen and oxygen atoms in total. The highest BCUT2D eigenvalue weighted by atomic mass is 32.1. The Hall–Kier alpha value is -1.60. The van der Waals surface area contributed by atoms with Gasteiger partial charge in [-0.15, -0.1) is 11.3 Å². The highest BCUT2D eigenvalue weighted by Crippen LogP contribution is 2.23. The molecule has 1 N–H and O–H groups in total. The summed E-state index contributed by atoms with van der Waals surface area (Å²) in [6.45, 7) is 3.33. The summed E-state index contributed by atoms with van der Waals surface area (Å²) in [5.41, 5.74) is 0. The van der Waals surface area contributed by atoms with Crippen LogP contribution in [-0.2, 0) is 4.79 Å². The van der Waals surface area contributed by atoms with Crippen molar-refractivity contribution < 1.29 is 9.59 Å². The monoisotopic (exact) mass is 364 g/mol. The fourth-order valence-electron chi connectivity index (χ4n) is 3.75. The molecule has 3 amide bonds. The van der Waals surface area contributed by atoms with Crippen molar-refractivity contribution in [2.45, 2.75) is 31.7 Å². The van der Waals surface area contributed by atoms with Gasteiger partial charge in [0.05, 0.1) is 10.9 Å². The lowest BCUT2D eigenvalue weighted by Crippen LogP contribution is -2.51. The Morgan fingerprint density at radius 3 is 2.68 bits per heavy atom. The van der Waals surface area contributed by atoms with Crippen molar-refractivity contribution in [1.29, 1.82) is 0 Å². The van der Waals surface area contributed by atoms with Crippen molar-refractivity contribution in [3.63, 3.8) is 0 Å². The van der Waals surface area contributed by atoms with Gasteiger partial charge in [0.15, 0.2) is 0 Å². The molecule has 2 fully saturated rings. The molecule has 0 aromatic carbocycles. The first-order valence-electron chi connectivity index (χ1n) is 9.09. The maximum Gasteiger partial charge on any atom is 0.322 e. The first-order chi connectivity index (χ1) is 12.0. The molecule has 0 saturated carbocycles. The second-order valence-electron chi connectivity index (χ2n) is 7.18. The number of hydrogen-bond acceptors (Lipinski definition) is 4. The van der Waals surface area contributed by atoms with E-state index in [0.29, 0.717) is 12.6 Å². The second kappa shape index (κ2) is 8.19. The maximum absolute atomic E-state index is 12.9. The van der Waals surface area contributed by atoms with E-state index in [4.69, 9.17) is 0 Å². The van der Waals surface area contributed by atoms with E-state index in [9.17, 15) is 9.59 Å². The van der Waals surface area contributed by atoms with Gasteiger partial charge >= 0.3 is 6.03 Å². The number of nitrogens with zero attached hydrogens (tertiary/aromatic N) is 3. The van der Waals surface area contributed by atoms with Crippen molar-refractivity contribution in [3.05, 3.63) is 17.5 Å². The molecule has 2 aliphatic heterocycles. The highest BCUT2D eigenvalue weighted by Gasteiger charge is 2.33. The predicted octanol–water partition coefficient (Wildman–Crippen LogP) is 2.54. The van der Waals surface area contributed by atoms with E-state index in [1.807, 2.05) is 29.5 Å². The smallest absolute Gasteiger partial charge is 0.322 e. The summed E-state index contributed by atoms with van der Waals surface area (Å²) in [4.78, 5) is 31.4. The van der Waals surface area contributed by atoms with E-state index in [0.717, 1.165) is 50.3 Å². The van der Waals surface area contributed by atoms with Gasteiger partial charge in [-0.25, -0.2) is 4.79 Å². The number of carbonyl (C=O) groups is 2. The van der Waals surface area contributed by atoms with Gasteiger partial charge in [0, 0.05) is 26.2 Å². The minimum Gasteiger partial charge on any atom is -0.342 e. The molecule has 3 heterocycles. The summed E-state index contributed by atoms with van der Waals surface area (Å²) in [6.07, 6.45) is 3.83. The minimum absolute atomic E-state index is 0.0764. The summed E-state index contributed by atoms with van der Waals surface area (Å²) in [5.74, 6) is 0.121. The zero-order chi connectivity index (χ0) is 17.8. The molecule has 0 radical (unpaired) electrons. The van der Waals surface area contributed by atoms with Crippen molar-refractivity contribution in [2.24, 2.45) is 5.92 Å². The van der Waals surface area contributed by atoms with Gasteiger partial charge in [-0.2, -0.15) is 0 Å². The number of urea groups is 1. The molecule has 7 heteroatoms. The van der Waals surface area contributed by atoms with E-state index < -0.39 is 0 Å². The number of piperidine rings is 2. The Morgan fingerprint density at radius 2 is 2.00 bits per heavy atom. The lowest BCUT2D eigenvalue weighted by Gasteiger charge is -2.39. The fraction of sp³-hybridized carbons (Fsp3) is 0.667. The molecule has 1 aromatic rings. The lowest BCUT2D eigenvalue weighted by molar-refractivity contribution is -0.138. The van der Waals surface area contributed by atoms with Crippen LogP contribution in [0, 0.1) is 5.92 Å². The molecule has 0 spiro atoms. The third kappa shape index (κ3) is 4.52. The van der Waals surface area contributed by atoms with Crippen LogP contribution in [0.25, 0.3) is 0 Å². The lowest BCUT2D eigenvalue weighted by atomic mass is 9.95. The van der Waals surface area contributed by atoms with Crippen molar-refractivity contribution in [2.75, 3.05) is 45.6 Å². The van der Waals surface area contributed by atoms with Crippen LogP contribution in [0.1, 0.15) is 25.7 Å². The SMILES string of the molecule is CN1CCC(N(C)C(=O)C2CCCN(C(=O)Nc3cccs3)C2)CC1. The van der Waals surface area contributed by atoms with E-state index in [-0.39, 0.29) is 17.9 Å². The third-order valence-electron chi connectivity index (χ3n) is 5.39. The molecule has 0 bridgehead atoms. The van der Waals surface area contributed by atoms with Crippen LogP contribution in [0.3, 0.4) is 0 Å². The summed E-state index contributed by atoms with van der Waals surface area (Å²) >= 11 is 1.51. The van der Waals surface area contributed by atoms with Crippen LogP contribution in [0.2, 0.25) is 0 Å². The number of thiophene rings is 1. The number of nitrogens with one attached hydrogen (secondary N) is 1. The molecule has 1 unspecified atom stereocenters. The van der Waals surface area contributed by atoms with E-state index in [1.54, 1.807) is 4.90 Å². The Balaban J connectivity index is 1.54. The fourth-order valence-corrected chi connectivity index (χ4v) is 4.35. The number of hydrogen-bond donors (Lipinski definition) is 1. The molecule has 25 heavy (non-hydrogen) atoms. The average molecular weight is 365 g/mol. The maximum atomic E-state index is 12.9. The summed E-state index contributed by atoms with van der Waals surface area (Å²) in [5, 5.41) is 5.71. The first-order valence-corrected chi connectivity index (χ1v) is 9.97. The number of rotatable bonds is 3. The topological polar surface area (TPSA) is 55.9 Å².